The number of para-hydroxylation sites is 1. The van der Waals surface area contributed by atoms with Crippen LogP contribution in [0.4, 0.5) is 21.8 Å². The van der Waals surface area contributed by atoms with Gasteiger partial charge in [-0.3, -0.25) is 0 Å². The third-order valence-electron chi connectivity index (χ3n) is 6.51. The lowest BCUT2D eigenvalue weighted by Crippen LogP contribution is -2.36. The number of halogens is 1. The second kappa shape index (κ2) is 8.35. The van der Waals surface area contributed by atoms with Crippen molar-refractivity contribution in [2.75, 3.05) is 23.9 Å². The molecule has 2 heterocycles. The van der Waals surface area contributed by atoms with E-state index in [1.807, 2.05) is 25.1 Å². The Balaban J connectivity index is 1.66. The molecule has 1 aliphatic rings. The number of hydrogen-bond acceptors (Lipinski definition) is 5. The van der Waals surface area contributed by atoms with E-state index in [4.69, 9.17) is 14.7 Å². The van der Waals surface area contributed by atoms with Crippen LogP contribution in [0, 0.1) is 12.7 Å². The minimum Gasteiger partial charge on any atom is -0.494 e. The average Bonchev–Trinajstić information content (AvgIpc) is 2.82. The van der Waals surface area contributed by atoms with Gasteiger partial charge in [-0.25, -0.2) is 9.37 Å². The van der Waals surface area contributed by atoms with Crippen LogP contribution in [0.2, 0.25) is 0 Å². The molecule has 168 valence electrons. The monoisotopic (exact) mass is 442 g/mol. The molecule has 4 aromatic rings. The minimum atomic E-state index is -0.269. The Bertz CT molecular complexity index is 1340. The number of hydrogen-bond donors (Lipinski definition) is 1. The molecule has 0 aliphatic carbocycles. The van der Waals surface area contributed by atoms with E-state index in [0.29, 0.717) is 17.6 Å². The highest BCUT2D eigenvalue weighted by molar-refractivity contribution is 5.95. The van der Waals surface area contributed by atoms with E-state index in [0.717, 1.165) is 34.5 Å². The van der Waals surface area contributed by atoms with Crippen molar-refractivity contribution in [1.29, 1.82) is 0 Å². The molecule has 5 nitrogen and oxygen atoms in total. The van der Waals surface area contributed by atoms with Crippen LogP contribution in [-0.4, -0.2) is 23.6 Å². The fourth-order valence-corrected chi connectivity index (χ4v) is 4.77. The zero-order chi connectivity index (χ0) is 23.1. The van der Waals surface area contributed by atoms with E-state index in [1.54, 1.807) is 13.2 Å². The fourth-order valence-electron chi connectivity index (χ4n) is 4.77. The molecule has 3 aromatic carbocycles. The maximum atomic E-state index is 13.6. The second-order valence-electron chi connectivity index (χ2n) is 8.67. The van der Waals surface area contributed by atoms with Gasteiger partial charge in [0.15, 0.2) is 0 Å². The maximum absolute atomic E-state index is 13.6. The number of nitrogens with zero attached hydrogens (tertiary/aromatic N) is 3. The van der Waals surface area contributed by atoms with Crippen LogP contribution in [-0.2, 0) is 0 Å². The van der Waals surface area contributed by atoms with Crippen molar-refractivity contribution in [3.63, 3.8) is 0 Å². The molecule has 6 heteroatoms. The van der Waals surface area contributed by atoms with Crippen molar-refractivity contribution in [2.24, 2.45) is 0 Å². The molecule has 0 radical (unpaired) electrons. The van der Waals surface area contributed by atoms with E-state index < -0.39 is 0 Å². The molecule has 2 atom stereocenters. The molecular formula is C27H27FN4O. The minimum absolute atomic E-state index is 0.155. The summed E-state index contributed by atoms with van der Waals surface area (Å²) in [5, 5.41) is 4.24. The standard InChI is InChI=1S/C27H27FN4O/c1-16-14-19(28)12-13-23(16)29-27-30-25-22(10-7-11-24(25)33-4)26(31-27)32-15-17(2)20-8-5-6-9-21(20)18(32)3/h5-14,17-18H,15H2,1-4H3,(H,29,30,31). The summed E-state index contributed by atoms with van der Waals surface area (Å²) in [6.45, 7) is 7.18. The van der Waals surface area contributed by atoms with Gasteiger partial charge in [0, 0.05) is 17.6 Å². The van der Waals surface area contributed by atoms with Crippen LogP contribution in [0.15, 0.2) is 60.7 Å². The number of fused-ring (bicyclic) bond motifs is 2. The Labute approximate surface area is 193 Å². The molecule has 0 fully saturated rings. The molecule has 0 saturated carbocycles. The van der Waals surface area contributed by atoms with E-state index >= 15 is 0 Å². The Hall–Kier alpha value is -3.67. The third-order valence-corrected chi connectivity index (χ3v) is 6.51. The van der Waals surface area contributed by atoms with Gasteiger partial charge >= 0.3 is 0 Å². The molecule has 2 unspecified atom stereocenters. The normalized spacial score (nSPS) is 17.7. The van der Waals surface area contributed by atoms with Gasteiger partial charge in [-0.1, -0.05) is 37.3 Å². The highest BCUT2D eigenvalue weighted by Gasteiger charge is 2.30. The maximum Gasteiger partial charge on any atom is 0.229 e. The van der Waals surface area contributed by atoms with Crippen LogP contribution < -0.4 is 15.0 Å². The zero-order valence-electron chi connectivity index (χ0n) is 19.3. The van der Waals surface area contributed by atoms with Gasteiger partial charge in [-0.05, 0) is 66.8 Å². The summed E-state index contributed by atoms with van der Waals surface area (Å²) in [4.78, 5) is 12.1. The molecule has 5 rings (SSSR count). The highest BCUT2D eigenvalue weighted by Crippen LogP contribution is 2.41. The molecule has 0 bridgehead atoms. The van der Waals surface area contributed by atoms with Crippen LogP contribution in [0.25, 0.3) is 10.9 Å². The smallest absolute Gasteiger partial charge is 0.229 e. The first kappa shape index (κ1) is 21.2. The van der Waals surface area contributed by atoms with Crippen LogP contribution in [0.3, 0.4) is 0 Å². The van der Waals surface area contributed by atoms with Gasteiger partial charge in [0.2, 0.25) is 5.95 Å². The number of anilines is 3. The number of aromatic nitrogens is 2. The van der Waals surface area contributed by atoms with Crippen LogP contribution >= 0.6 is 0 Å². The Morgan fingerprint density at radius 2 is 1.79 bits per heavy atom. The molecule has 0 saturated heterocycles. The number of nitrogens with one attached hydrogen (secondary N) is 1. The molecular weight excluding hydrogens is 415 g/mol. The number of aryl methyl sites for hydroxylation is 1. The lowest BCUT2D eigenvalue weighted by Gasteiger charge is -2.40. The predicted octanol–water partition coefficient (Wildman–Crippen LogP) is 6.51. The van der Waals surface area contributed by atoms with E-state index in [9.17, 15) is 4.39 Å². The summed E-state index contributed by atoms with van der Waals surface area (Å²) in [7, 11) is 1.65. The zero-order valence-corrected chi connectivity index (χ0v) is 19.3. The predicted molar refractivity (Wildman–Crippen MR) is 131 cm³/mol. The Morgan fingerprint density at radius 1 is 1.00 bits per heavy atom. The number of rotatable bonds is 4. The largest absolute Gasteiger partial charge is 0.494 e. The number of benzene rings is 3. The lowest BCUT2D eigenvalue weighted by atomic mass is 9.86. The highest BCUT2D eigenvalue weighted by atomic mass is 19.1. The summed E-state index contributed by atoms with van der Waals surface area (Å²) in [5.74, 6) is 2.09. The summed E-state index contributed by atoms with van der Waals surface area (Å²) >= 11 is 0. The number of methoxy groups -OCH3 is 1. The van der Waals surface area contributed by atoms with Crippen LogP contribution in [0.5, 0.6) is 5.75 Å². The van der Waals surface area contributed by atoms with Crippen molar-refractivity contribution in [2.45, 2.75) is 32.7 Å². The lowest BCUT2D eigenvalue weighted by molar-refractivity contribution is 0.419. The van der Waals surface area contributed by atoms with Gasteiger partial charge in [0.05, 0.1) is 13.2 Å². The molecule has 1 aromatic heterocycles. The van der Waals surface area contributed by atoms with Gasteiger partial charge in [-0.15, -0.1) is 0 Å². The van der Waals surface area contributed by atoms with Crippen molar-refractivity contribution in [3.8, 4) is 5.75 Å². The molecule has 1 N–H and O–H groups in total. The Kier molecular flexibility index (Phi) is 5.36. The first-order valence-electron chi connectivity index (χ1n) is 11.2. The van der Waals surface area contributed by atoms with Crippen molar-refractivity contribution in [1.82, 2.24) is 9.97 Å². The molecule has 0 amide bonds. The fraction of sp³-hybridized carbons (Fsp3) is 0.259. The molecule has 0 spiro atoms. The molecule has 1 aliphatic heterocycles. The Morgan fingerprint density at radius 3 is 2.55 bits per heavy atom. The van der Waals surface area contributed by atoms with Crippen molar-refractivity contribution in [3.05, 3.63) is 83.2 Å². The average molecular weight is 443 g/mol. The van der Waals surface area contributed by atoms with Crippen molar-refractivity contribution >= 4 is 28.4 Å². The van der Waals surface area contributed by atoms with E-state index in [-0.39, 0.29) is 11.9 Å². The summed E-state index contributed by atoms with van der Waals surface area (Å²) in [5.41, 5.74) is 4.99. The van der Waals surface area contributed by atoms with Gasteiger partial charge in [-0.2, -0.15) is 4.98 Å². The van der Waals surface area contributed by atoms with Crippen molar-refractivity contribution < 1.29 is 9.13 Å². The van der Waals surface area contributed by atoms with E-state index in [1.165, 1.54) is 23.3 Å². The van der Waals surface area contributed by atoms with Gasteiger partial charge in [0.1, 0.15) is 22.9 Å². The first-order chi connectivity index (χ1) is 16.0. The second-order valence-corrected chi connectivity index (χ2v) is 8.67. The van der Waals surface area contributed by atoms with E-state index in [2.05, 4.69) is 48.3 Å². The summed E-state index contributed by atoms with van der Waals surface area (Å²) in [6, 6.07) is 19.3. The van der Waals surface area contributed by atoms with Gasteiger partial charge < -0.3 is 15.0 Å². The summed E-state index contributed by atoms with van der Waals surface area (Å²) < 4.78 is 19.3. The summed E-state index contributed by atoms with van der Waals surface area (Å²) in [6.07, 6.45) is 0. The first-order valence-corrected chi connectivity index (χ1v) is 11.2. The van der Waals surface area contributed by atoms with Gasteiger partial charge in [0.25, 0.3) is 0 Å². The topological polar surface area (TPSA) is 50.3 Å². The number of ether oxygens (including phenoxy) is 1. The quantitative estimate of drug-likeness (QED) is 0.390. The SMILES string of the molecule is COc1cccc2c(N3CC(C)c4ccccc4C3C)nc(Nc3ccc(F)cc3C)nc12. The van der Waals surface area contributed by atoms with Crippen LogP contribution in [0.1, 0.15) is 42.5 Å². The third kappa shape index (κ3) is 3.75. The molecule has 33 heavy (non-hydrogen) atoms.